The summed E-state index contributed by atoms with van der Waals surface area (Å²) >= 11 is 0. The van der Waals surface area contributed by atoms with E-state index in [1.807, 2.05) is 12.1 Å². The van der Waals surface area contributed by atoms with E-state index in [2.05, 4.69) is 6.07 Å². The second kappa shape index (κ2) is 5.21. The number of likely N-dealkylation sites (N-methyl/N-ethyl adjacent to an activating group) is 1. The van der Waals surface area contributed by atoms with Gasteiger partial charge in [0.15, 0.2) is 0 Å². The zero-order chi connectivity index (χ0) is 14.0. The molecule has 104 valence electrons. The first-order valence-electron chi connectivity index (χ1n) is 6.60. The van der Waals surface area contributed by atoms with Crippen LogP contribution in [0.4, 0.5) is 0 Å². The number of amides is 1. The second-order valence-electron chi connectivity index (χ2n) is 5.61. The Bertz CT molecular complexity index is 477. The fourth-order valence-electron chi connectivity index (χ4n) is 2.32. The number of nitrogens with zero attached hydrogens (tertiary/aromatic N) is 1. The van der Waals surface area contributed by atoms with E-state index in [0.717, 1.165) is 30.8 Å². The molecule has 19 heavy (non-hydrogen) atoms. The standard InChI is InChI=1S/C15H21NO3/c1-15(2,18)14(17)16(3)10-11-6-7-13-12(9-11)5-4-8-19-13/h6-7,9,18H,4-5,8,10H2,1-3H3. The van der Waals surface area contributed by atoms with Crippen LogP contribution in [0.25, 0.3) is 0 Å². The van der Waals surface area contributed by atoms with Crippen molar-refractivity contribution in [1.29, 1.82) is 0 Å². The third kappa shape index (κ3) is 3.26. The Morgan fingerprint density at radius 1 is 1.47 bits per heavy atom. The van der Waals surface area contributed by atoms with Gasteiger partial charge in [0, 0.05) is 13.6 Å². The highest BCUT2D eigenvalue weighted by Crippen LogP contribution is 2.26. The maximum atomic E-state index is 11.9. The van der Waals surface area contributed by atoms with Gasteiger partial charge in [-0.2, -0.15) is 0 Å². The fourth-order valence-corrected chi connectivity index (χ4v) is 2.32. The molecule has 1 amide bonds. The van der Waals surface area contributed by atoms with Crippen LogP contribution in [-0.2, 0) is 17.8 Å². The Morgan fingerprint density at radius 3 is 2.89 bits per heavy atom. The lowest BCUT2D eigenvalue weighted by molar-refractivity contribution is -0.146. The van der Waals surface area contributed by atoms with Crippen LogP contribution in [0.5, 0.6) is 5.75 Å². The van der Waals surface area contributed by atoms with Gasteiger partial charge in [-0.1, -0.05) is 12.1 Å². The first-order valence-corrected chi connectivity index (χ1v) is 6.60. The molecule has 0 saturated carbocycles. The van der Waals surface area contributed by atoms with Gasteiger partial charge in [0.1, 0.15) is 11.4 Å². The summed E-state index contributed by atoms with van der Waals surface area (Å²) in [7, 11) is 1.70. The van der Waals surface area contributed by atoms with Crippen molar-refractivity contribution in [3.05, 3.63) is 29.3 Å². The molecule has 0 aromatic heterocycles. The Morgan fingerprint density at radius 2 is 2.21 bits per heavy atom. The van der Waals surface area contributed by atoms with E-state index in [-0.39, 0.29) is 5.91 Å². The normalized spacial score (nSPS) is 14.5. The third-order valence-electron chi connectivity index (χ3n) is 3.26. The maximum Gasteiger partial charge on any atom is 0.253 e. The molecular formula is C15H21NO3. The van der Waals surface area contributed by atoms with Gasteiger partial charge in [-0.25, -0.2) is 0 Å². The van der Waals surface area contributed by atoms with Crippen LogP contribution in [0.15, 0.2) is 18.2 Å². The van der Waals surface area contributed by atoms with Gasteiger partial charge in [-0.15, -0.1) is 0 Å². The van der Waals surface area contributed by atoms with Crippen molar-refractivity contribution in [3.63, 3.8) is 0 Å². The van der Waals surface area contributed by atoms with Crippen LogP contribution >= 0.6 is 0 Å². The Balaban J connectivity index is 2.09. The molecule has 0 atom stereocenters. The molecule has 1 aliphatic rings. The summed E-state index contributed by atoms with van der Waals surface area (Å²) in [6.07, 6.45) is 2.06. The highest BCUT2D eigenvalue weighted by molar-refractivity contribution is 5.83. The fraction of sp³-hybridized carbons (Fsp3) is 0.533. The number of aliphatic hydroxyl groups is 1. The van der Waals surface area contributed by atoms with Gasteiger partial charge in [-0.3, -0.25) is 4.79 Å². The van der Waals surface area contributed by atoms with E-state index in [0.29, 0.717) is 6.54 Å². The van der Waals surface area contributed by atoms with Crippen LogP contribution in [0.2, 0.25) is 0 Å². The molecular weight excluding hydrogens is 242 g/mol. The summed E-state index contributed by atoms with van der Waals surface area (Å²) < 4.78 is 5.56. The molecule has 0 radical (unpaired) electrons. The van der Waals surface area contributed by atoms with Crippen LogP contribution < -0.4 is 4.74 Å². The van der Waals surface area contributed by atoms with Crippen LogP contribution in [0.1, 0.15) is 31.4 Å². The minimum Gasteiger partial charge on any atom is -0.493 e. The van der Waals surface area contributed by atoms with E-state index in [4.69, 9.17) is 4.74 Å². The quantitative estimate of drug-likeness (QED) is 0.903. The summed E-state index contributed by atoms with van der Waals surface area (Å²) in [6.45, 7) is 4.29. The van der Waals surface area contributed by atoms with Crippen molar-refractivity contribution in [2.24, 2.45) is 0 Å². The summed E-state index contributed by atoms with van der Waals surface area (Å²) in [5.41, 5.74) is 0.934. The number of aryl methyl sites for hydroxylation is 1. The lowest BCUT2D eigenvalue weighted by atomic mass is 10.0. The van der Waals surface area contributed by atoms with Gasteiger partial charge >= 0.3 is 0 Å². The highest BCUT2D eigenvalue weighted by Gasteiger charge is 2.27. The largest absolute Gasteiger partial charge is 0.493 e. The van der Waals surface area contributed by atoms with E-state index in [9.17, 15) is 9.90 Å². The average molecular weight is 263 g/mol. The predicted octanol–water partition coefficient (Wildman–Crippen LogP) is 1.74. The molecule has 0 saturated heterocycles. The smallest absolute Gasteiger partial charge is 0.253 e. The molecule has 0 fully saturated rings. The molecule has 1 aromatic carbocycles. The highest BCUT2D eigenvalue weighted by atomic mass is 16.5. The Labute approximate surface area is 114 Å². The molecule has 0 spiro atoms. The van der Waals surface area contributed by atoms with Crippen LogP contribution in [0, 0.1) is 0 Å². The number of carbonyl (C=O) groups excluding carboxylic acids is 1. The molecule has 1 N–H and O–H groups in total. The number of ether oxygens (including phenoxy) is 1. The maximum absolute atomic E-state index is 11.9. The summed E-state index contributed by atoms with van der Waals surface area (Å²) in [5.74, 6) is 0.674. The van der Waals surface area contributed by atoms with Crippen LogP contribution in [0.3, 0.4) is 0 Å². The Hall–Kier alpha value is -1.55. The van der Waals surface area contributed by atoms with E-state index >= 15 is 0 Å². The minimum absolute atomic E-state index is 0.276. The van der Waals surface area contributed by atoms with Crippen molar-refractivity contribution in [2.45, 2.75) is 38.8 Å². The molecule has 2 rings (SSSR count). The zero-order valence-corrected chi connectivity index (χ0v) is 11.8. The van der Waals surface area contributed by atoms with E-state index in [1.165, 1.54) is 19.4 Å². The second-order valence-corrected chi connectivity index (χ2v) is 5.61. The van der Waals surface area contributed by atoms with Gasteiger partial charge in [0.25, 0.3) is 5.91 Å². The third-order valence-corrected chi connectivity index (χ3v) is 3.26. The SMILES string of the molecule is CN(Cc1ccc2c(c1)CCCO2)C(=O)C(C)(C)O. The topological polar surface area (TPSA) is 49.8 Å². The summed E-state index contributed by atoms with van der Waals surface area (Å²) in [5, 5.41) is 9.72. The summed E-state index contributed by atoms with van der Waals surface area (Å²) in [4.78, 5) is 13.5. The number of rotatable bonds is 3. The molecule has 1 aliphatic heterocycles. The lowest BCUT2D eigenvalue weighted by Gasteiger charge is -2.25. The number of hydrogen-bond donors (Lipinski definition) is 1. The van der Waals surface area contributed by atoms with Gasteiger partial charge in [0.05, 0.1) is 6.61 Å². The lowest BCUT2D eigenvalue weighted by Crippen LogP contribution is -2.42. The number of benzene rings is 1. The van der Waals surface area contributed by atoms with E-state index < -0.39 is 5.60 Å². The summed E-state index contributed by atoms with van der Waals surface area (Å²) in [6, 6.07) is 6.02. The first kappa shape index (κ1) is 13.9. The molecule has 4 nitrogen and oxygen atoms in total. The number of hydrogen-bond acceptors (Lipinski definition) is 3. The van der Waals surface area contributed by atoms with Gasteiger partial charge in [0.2, 0.25) is 0 Å². The molecule has 4 heteroatoms. The molecule has 0 aliphatic carbocycles. The van der Waals surface area contributed by atoms with Crippen molar-refractivity contribution >= 4 is 5.91 Å². The predicted molar refractivity (Wildman–Crippen MR) is 73.0 cm³/mol. The zero-order valence-electron chi connectivity index (χ0n) is 11.8. The van der Waals surface area contributed by atoms with Crippen molar-refractivity contribution in [2.75, 3.05) is 13.7 Å². The van der Waals surface area contributed by atoms with E-state index in [1.54, 1.807) is 11.9 Å². The first-order chi connectivity index (χ1) is 8.88. The molecule has 0 unspecified atom stereocenters. The molecule has 1 heterocycles. The molecule has 1 aromatic rings. The van der Waals surface area contributed by atoms with Crippen molar-refractivity contribution < 1.29 is 14.6 Å². The Kier molecular flexibility index (Phi) is 3.80. The van der Waals surface area contributed by atoms with Crippen molar-refractivity contribution in [3.8, 4) is 5.75 Å². The monoisotopic (exact) mass is 263 g/mol. The average Bonchev–Trinajstić information content (AvgIpc) is 2.36. The molecule has 0 bridgehead atoms. The van der Waals surface area contributed by atoms with Crippen molar-refractivity contribution in [1.82, 2.24) is 4.90 Å². The minimum atomic E-state index is -1.33. The number of fused-ring (bicyclic) bond motifs is 1. The number of carbonyl (C=O) groups is 1. The van der Waals surface area contributed by atoms with Crippen LogP contribution in [-0.4, -0.2) is 35.2 Å². The van der Waals surface area contributed by atoms with Gasteiger partial charge < -0.3 is 14.7 Å². The van der Waals surface area contributed by atoms with Gasteiger partial charge in [-0.05, 0) is 43.9 Å².